The van der Waals surface area contributed by atoms with Gasteiger partial charge < -0.3 is 10.0 Å². The average molecular weight is 335 g/mol. The minimum atomic E-state index is -1.42. The van der Waals surface area contributed by atoms with Crippen molar-refractivity contribution in [3.63, 3.8) is 0 Å². The standard InChI is InChI=1S/C19H30FN3O/c1-2-8-21-10-12-23(13-11-21)18-6-4-3-5-17(18)14-22-9-7-19(20,15-22)16-24/h3-6,24H,2,7-16H2,1H3. The molecule has 0 aromatic heterocycles. The number of halogens is 1. The van der Waals surface area contributed by atoms with Gasteiger partial charge in [0.25, 0.3) is 0 Å². The quantitative estimate of drug-likeness (QED) is 0.863. The van der Waals surface area contributed by atoms with E-state index in [-0.39, 0.29) is 6.61 Å². The summed E-state index contributed by atoms with van der Waals surface area (Å²) in [6.07, 6.45) is 1.64. The van der Waals surface area contributed by atoms with Gasteiger partial charge in [-0.15, -0.1) is 0 Å². The van der Waals surface area contributed by atoms with Crippen LogP contribution < -0.4 is 4.90 Å². The molecule has 1 atom stereocenters. The molecular formula is C19H30FN3O. The van der Waals surface area contributed by atoms with Gasteiger partial charge in [-0.1, -0.05) is 25.1 Å². The first kappa shape index (κ1) is 17.6. The molecule has 0 bridgehead atoms. The Morgan fingerprint density at radius 1 is 1.08 bits per heavy atom. The van der Waals surface area contributed by atoms with Crippen LogP contribution in [0.15, 0.2) is 24.3 Å². The number of aliphatic hydroxyl groups excluding tert-OH is 1. The molecule has 0 aliphatic carbocycles. The van der Waals surface area contributed by atoms with Crippen LogP contribution in [0.2, 0.25) is 0 Å². The number of para-hydroxylation sites is 1. The number of rotatable bonds is 6. The fourth-order valence-electron chi connectivity index (χ4n) is 3.90. The van der Waals surface area contributed by atoms with Crippen molar-refractivity contribution in [1.82, 2.24) is 9.80 Å². The molecule has 3 rings (SSSR count). The van der Waals surface area contributed by atoms with E-state index in [0.29, 0.717) is 13.0 Å². The molecule has 2 fully saturated rings. The van der Waals surface area contributed by atoms with Gasteiger partial charge in [0, 0.05) is 51.5 Å². The van der Waals surface area contributed by atoms with Crippen LogP contribution in [0, 0.1) is 0 Å². The number of nitrogens with zero attached hydrogens (tertiary/aromatic N) is 3. The van der Waals surface area contributed by atoms with Crippen LogP contribution >= 0.6 is 0 Å². The summed E-state index contributed by atoms with van der Waals surface area (Å²) >= 11 is 0. The van der Waals surface area contributed by atoms with Crippen molar-refractivity contribution in [3.05, 3.63) is 29.8 Å². The van der Waals surface area contributed by atoms with E-state index in [9.17, 15) is 9.50 Å². The highest BCUT2D eigenvalue weighted by molar-refractivity contribution is 5.54. The molecule has 1 N–H and O–H groups in total. The molecule has 0 spiro atoms. The first-order chi connectivity index (χ1) is 11.6. The lowest BCUT2D eigenvalue weighted by atomic mass is 10.1. The van der Waals surface area contributed by atoms with E-state index >= 15 is 0 Å². The van der Waals surface area contributed by atoms with Crippen molar-refractivity contribution in [2.75, 3.05) is 57.3 Å². The Bertz CT molecular complexity index is 533. The Labute approximate surface area is 144 Å². The van der Waals surface area contributed by atoms with Crippen molar-refractivity contribution in [1.29, 1.82) is 0 Å². The van der Waals surface area contributed by atoms with Crippen LogP contribution in [0.3, 0.4) is 0 Å². The monoisotopic (exact) mass is 335 g/mol. The molecule has 2 aliphatic rings. The smallest absolute Gasteiger partial charge is 0.147 e. The molecule has 24 heavy (non-hydrogen) atoms. The van der Waals surface area contributed by atoms with E-state index < -0.39 is 5.67 Å². The number of hydrogen-bond donors (Lipinski definition) is 1. The first-order valence-electron chi connectivity index (χ1n) is 9.21. The normalized spacial score (nSPS) is 26.2. The average Bonchev–Trinajstić information content (AvgIpc) is 2.98. The predicted octanol–water partition coefficient (Wildman–Crippen LogP) is 2.12. The number of hydrogen-bond acceptors (Lipinski definition) is 4. The topological polar surface area (TPSA) is 30.0 Å². The van der Waals surface area contributed by atoms with E-state index in [2.05, 4.69) is 45.9 Å². The summed E-state index contributed by atoms with van der Waals surface area (Å²) < 4.78 is 14.3. The van der Waals surface area contributed by atoms with Crippen LogP contribution in [-0.2, 0) is 6.54 Å². The third-order valence-electron chi connectivity index (χ3n) is 5.30. The molecular weight excluding hydrogens is 305 g/mol. The zero-order chi connectivity index (χ0) is 17.0. The SMILES string of the molecule is CCCN1CCN(c2ccccc2CN2CCC(F)(CO)C2)CC1. The highest BCUT2D eigenvalue weighted by Crippen LogP contribution is 2.29. The van der Waals surface area contributed by atoms with Crippen LogP contribution in [0.4, 0.5) is 10.1 Å². The molecule has 1 aromatic carbocycles. The van der Waals surface area contributed by atoms with Crippen molar-refractivity contribution >= 4 is 5.69 Å². The highest BCUT2D eigenvalue weighted by atomic mass is 19.1. The number of benzene rings is 1. The zero-order valence-electron chi connectivity index (χ0n) is 14.8. The number of piperazine rings is 1. The molecule has 0 radical (unpaired) electrons. The van der Waals surface area contributed by atoms with Crippen LogP contribution in [0.5, 0.6) is 0 Å². The van der Waals surface area contributed by atoms with Gasteiger partial charge in [0.05, 0.1) is 6.61 Å². The molecule has 134 valence electrons. The van der Waals surface area contributed by atoms with E-state index in [1.807, 2.05) is 0 Å². The van der Waals surface area contributed by atoms with Gasteiger partial charge in [-0.25, -0.2) is 4.39 Å². The minimum Gasteiger partial charge on any atom is -0.393 e. The van der Waals surface area contributed by atoms with Crippen LogP contribution in [-0.4, -0.2) is 73.0 Å². The molecule has 0 saturated carbocycles. The second-order valence-corrected chi connectivity index (χ2v) is 7.23. The lowest BCUT2D eigenvalue weighted by Crippen LogP contribution is -2.47. The van der Waals surface area contributed by atoms with E-state index in [1.165, 1.54) is 24.2 Å². The molecule has 2 saturated heterocycles. The summed E-state index contributed by atoms with van der Waals surface area (Å²) in [6, 6.07) is 8.51. The Balaban J connectivity index is 1.64. The van der Waals surface area contributed by atoms with Crippen molar-refractivity contribution in [2.24, 2.45) is 0 Å². The maximum absolute atomic E-state index is 14.3. The molecule has 2 heterocycles. The maximum Gasteiger partial charge on any atom is 0.147 e. The first-order valence-corrected chi connectivity index (χ1v) is 9.21. The second-order valence-electron chi connectivity index (χ2n) is 7.23. The molecule has 0 amide bonds. The fourth-order valence-corrected chi connectivity index (χ4v) is 3.90. The lowest BCUT2D eigenvalue weighted by Gasteiger charge is -2.37. The van der Waals surface area contributed by atoms with Gasteiger partial charge in [-0.2, -0.15) is 0 Å². The number of likely N-dealkylation sites (tertiary alicyclic amines) is 1. The number of aliphatic hydroxyl groups is 1. The maximum atomic E-state index is 14.3. The zero-order valence-corrected chi connectivity index (χ0v) is 14.8. The van der Waals surface area contributed by atoms with E-state index in [0.717, 1.165) is 39.3 Å². The van der Waals surface area contributed by atoms with E-state index in [4.69, 9.17) is 0 Å². The summed E-state index contributed by atoms with van der Waals surface area (Å²) in [7, 11) is 0. The molecule has 1 aromatic rings. The van der Waals surface area contributed by atoms with Gasteiger partial charge in [0.15, 0.2) is 0 Å². The molecule has 5 heteroatoms. The van der Waals surface area contributed by atoms with E-state index in [1.54, 1.807) is 0 Å². The Morgan fingerprint density at radius 2 is 1.83 bits per heavy atom. The Kier molecular flexibility index (Phi) is 5.74. The largest absolute Gasteiger partial charge is 0.393 e. The summed E-state index contributed by atoms with van der Waals surface area (Å²) in [5.41, 5.74) is 1.14. The Hall–Kier alpha value is -1.17. The number of anilines is 1. The summed E-state index contributed by atoms with van der Waals surface area (Å²) in [5, 5.41) is 9.22. The lowest BCUT2D eigenvalue weighted by molar-refractivity contribution is 0.0769. The van der Waals surface area contributed by atoms with Crippen LogP contribution in [0.25, 0.3) is 0 Å². The summed E-state index contributed by atoms with van der Waals surface area (Å²) in [4.78, 5) is 7.12. The Morgan fingerprint density at radius 3 is 2.50 bits per heavy atom. The van der Waals surface area contributed by atoms with Crippen LogP contribution in [0.1, 0.15) is 25.3 Å². The molecule has 2 aliphatic heterocycles. The van der Waals surface area contributed by atoms with Gasteiger partial charge in [0.2, 0.25) is 0 Å². The van der Waals surface area contributed by atoms with Gasteiger partial charge in [-0.05, 0) is 31.0 Å². The third-order valence-corrected chi connectivity index (χ3v) is 5.30. The molecule has 4 nitrogen and oxygen atoms in total. The minimum absolute atomic E-state index is 0.335. The molecule has 1 unspecified atom stereocenters. The second kappa shape index (κ2) is 7.81. The number of alkyl halides is 1. The predicted molar refractivity (Wildman–Crippen MR) is 96.2 cm³/mol. The summed E-state index contributed by atoms with van der Waals surface area (Å²) in [5.74, 6) is 0. The third kappa shape index (κ3) is 4.08. The fraction of sp³-hybridized carbons (Fsp3) is 0.684. The summed E-state index contributed by atoms with van der Waals surface area (Å²) in [6.45, 7) is 9.20. The highest BCUT2D eigenvalue weighted by Gasteiger charge is 2.37. The van der Waals surface area contributed by atoms with Crippen molar-refractivity contribution < 1.29 is 9.50 Å². The van der Waals surface area contributed by atoms with Gasteiger partial charge in [-0.3, -0.25) is 9.80 Å². The van der Waals surface area contributed by atoms with Gasteiger partial charge >= 0.3 is 0 Å². The van der Waals surface area contributed by atoms with Crippen molar-refractivity contribution in [3.8, 4) is 0 Å². The van der Waals surface area contributed by atoms with Gasteiger partial charge in [0.1, 0.15) is 5.67 Å². The van der Waals surface area contributed by atoms with Crippen molar-refractivity contribution in [2.45, 2.75) is 32.0 Å².